The van der Waals surface area contributed by atoms with Gasteiger partial charge in [0.1, 0.15) is 12.1 Å². The molecule has 1 N–H and O–H groups in total. The smallest absolute Gasteiger partial charge is 0.408 e. The number of anilines is 1. The first-order valence-electron chi connectivity index (χ1n) is 5.78. The fourth-order valence-electron chi connectivity index (χ4n) is 1.62. The number of nitrogens with zero attached hydrogens (tertiary/aromatic N) is 3. The van der Waals surface area contributed by atoms with Gasteiger partial charge in [0.2, 0.25) is 5.88 Å². The first kappa shape index (κ1) is 14.8. The molecule has 0 atom stereocenters. The SMILES string of the molecule is COc1ncccc1C(=O)Nc1cnn(CC(F)(F)F)c1. The van der Waals surface area contributed by atoms with Crippen molar-refractivity contribution < 1.29 is 22.7 Å². The number of hydrogen-bond acceptors (Lipinski definition) is 4. The van der Waals surface area contributed by atoms with Crippen molar-refractivity contribution in [1.82, 2.24) is 14.8 Å². The highest BCUT2D eigenvalue weighted by molar-refractivity contribution is 6.05. The zero-order valence-electron chi connectivity index (χ0n) is 10.9. The van der Waals surface area contributed by atoms with E-state index in [1.807, 2.05) is 0 Å². The summed E-state index contributed by atoms with van der Waals surface area (Å²) in [5.41, 5.74) is 0.318. The van der Waals surface area contributed by atoms with Crippen LogP contribution in [0.25, 0.3) is 0 Å². The van der Waals surface area contributed by atoms with Crippen molar-refractivity contribution in [3.05, 3.63) is 36.3 Å². The molecule has 0 saturated heterocycles. The minimum Gasteiger partial charge on any atom is -0.480 e. The van der Waals surface area contributed by atoms with Crippen molar-refractivity contribution in [1.29, 1.82) is 0 Å². The van der Waals surface area contributed by atoms with E-state index >= 15 is 0 Å². The fourth-order valence-corrected chi connectivity index (χ4v) is 1.62. The number of nitrogens with one attached hydrogen (secondary N) is 1. The summed E-state index contributed by atoms with van der Waals surface area (Å²) in [6, 6.07) is 3.03. The number of halogens is 3. The molecule has 0 aliphatic heterocycles. The van der Waals surface area contributed by atoms with Crippen molar-refractivity contribution >= 4 is 11.6 Å². The summed E-state index contributed by atoms with van der Waals surface area (Å²) in [5.74, 6) is -0.427. The van der Waals surface area contributed by atoms with E-state index in [-0.39, 0.29) is 17.1 Å². The topological polar surface area (TPSA) is 69.0 Å². The summed E-state index contributed by atoms with van der Waals surface area (Å²) < 4.78 is 42.2. The molecule has 0 aromatic carbocycles. The van der Waals surface area contributed by atoms with Crippen LogP contribution in [0.5, 0.6) is 5.88 Å². The van der Waals surface area contributed by atoms with Gasteiger partial charge in [0, 0.05) is 12.4 Å². The van der Waals surface area contributed by atoms with Gasteiger partial charge in [-0.05, 0) is 12.1 Å². The second kappa shape index (κ2) is 5.81. The van der Waals surface area contributed by atoms with Gasteiger partial charge in [-0.2, -0.15) is 18.3 Å². The maximum Gasteiger partial charge on any atom is 0.408 e. The Bertz CT molecular complexity index is 639. The minimum atomic E-state index is -4.38. The van der Waals surface area contributed by atoms with Gasteiger partial charge in [-0.25, -0.2) is 4.98 Å². The Morgan fingerprint density at radius 2 is 2.24 bits per heavy atom. The molecule has 0 spiro atoms. The summed E-state index contributed by atoms with van der Waals surface area (Å²) >= 11 is 0. The van der Waals surface area contributed by atoms with E-state index in [1.54, 1.807) is 6.07 Å². The average Bonchev–Trinajstić information content (AvgIpc) is 2.83. The number of aromatic nitrogens is 3. The molecule has 0 unspecified atom stereocenters. The standard InChI is InChI=1S/C12H11F3N4O2/c1-21-11-9(3-2-4-16-11)10(20)18-8-5-17-19(6-8)7-12(13,14)15/h2-6H,7H2,1H3,(H,18,20). The van der Waals surface area contributed by atoms with E-state index in [2.05, 4.69) is 15.4 Å². The lowest BCUT2D eigenvalue weighted by Crippen LogP contribution is -2.18. The zero-order valence-corrected chi connectivity index (χ0v) is 10.9. The van der Waals surface area contributed by atoms with Crippen molar-refractivity contribution in [3.63, 3.8) is 0 Å². The molecule has 0 aliphatic rings. The molecule has 0 fully saturated rings. The summed E-state index contributed by atoms with van der Waals surface area (Å²) in [5, 5.41) is 5.96. The molecule has 2 heterocycles. The molecule has 0 saturated carbocycles. The molecule has 0 aliphatic carbocycles. The molecule has 0 bridgehead atoms. The third kappa shape index (κ3) is 3.94. The molecule has 2 aromatic heterocycles. The van der Waals surface area contributed by atoms with Crippen LogP contribution in [0.15, 0.2) is 30.7 Å². The number of rotatable bonds is 4. The molecular weight excluding hydrogens is 289 g/mol. The van der Waals surface area contributed by atoms with E-state index in [0.717, 1.165) is 12.4 Å². The Morgan fingerprint density at radius 1 is 1.48 bits per heavy atom. The van der Waals surface area contributed by atoms with Crippen molar-refractivity contribution in [3.8, 4) is 5.88 Å². The Hall–Kier alpha value is -2.58. The predicted molar refractivity (Wildman–Crippen MR) is 67.0 cm³/mol. The van der Waals surface area contributed by atoms with Crippen molar-refractivity contribution in [2.75, 3.05) is 12.4 Å². The molecule has 2 aromatic rings. The number of amides is 1. The molecular formula is C12H11F3N4O2. The summed E-state index contributed by atoms with van der Waals surface area (Å²) in [6.45, 7) is -1.22. The van der Waals surface area contributed by atoms with E-state index in [9.17, 15) is 18.0 Å². The highest BCUT2D eigenvalue weighted by atomic mass is 19.4. The lowest BCUT2D eigenvalue weighted by Gasteiger charge is -2.07. The molecule has 1 amide bonds. The highest BCUT2D eigenvalue weighted by Gasteiger charge is 2.28. The van der Waals surface area contributed by atoms with Gasteiger partial charge < -0.3 is 10.1 Å². The predicted octanol–water partition coefficient (Wildman–Crippen LogP) is 2.10. The Kier molecular flexibility index (Phi) is 4.10. The van der Waals surface area contributed by atoms with Gasteiger partial charge in [0.15, 0.2) is 0 Å². The van der Waals surface area contributed by atoms with E-state index in [0.29, 0.717) is 4.68 Å². The van der Waals surface area contributed by atoms with Crippen LogP contribution in [0.2, 0.25) is 0 Å². The molecule has 0 radical (unpaired) electrons. The lowest BCUT2D eigenvalue weighted by molar-refractivity contribution is -0.142. The monoisotopic (exact) mass is 300 g/mol. The summed E-state index contributed by atoms with van der Waals surface area (Å²) in [6.07, 6.45) is -0.697. The number of carbonyl (C=O) groups excluding carboxylic acids is 1. The maximum absolute atomic E-state index is 12.2. The van der Waals surface area contributed by atoms with Gasteiger partial charge in [-0.1, -0.05) is 0 Å². The second-order valence-corrected chi connectivity index (χ2v) is 4.06. The van der Waals surface area contributed by atoms with Crippen LogP contribution in [-0.4, -0.2) is 34.0 Å². The van der Waals surface area contributed by atoms with Gasteiger partial charge in [0.05, 0.1) is 19.0 Å². The zero-order chi connectivity index (χ0) is 15.5. The minimum absolute atomic E-state index is 0.123. The van der Waals surface area contributed by atoms with Crippen LogP contribution in [0, 0.1) is 0 Å². The Morgan fingerprint density at radius 3 is 2.90 bits per heavy atom. The number of pyridine rings is 1. The Labute approximate surface area is 117 Å². The molecule has 9 heteroatoms. The second-order valence-electron chi connectivity index (χ2n) is 4.06. The first-order chi connectivity index (χ1) is 9.89. The Balaban J connectivity index is 2.10. The van der Waals surface area contributed by atoms with Crippen molar-refractivity contribution in [2.45, 2.75) is 12.7 Å². The lowest BCUT2D eigenvalue weighted by atomic mass is 10.2. The number of alkyl halides is 3. The van der Waals surface area contributed by atoms with Gasteiger partial charge in [0.25, 0.3) is 5.91 Å². The van der Waals surface area contributed by atoms with Crippen LogP contribution in [0.4, 0.5) is 18.9 Å². The largest absolute Gasteiger partial charge is 0.480 e. The number of carbonyl (C=O) groups is 1. The third-order valence-corrected chi connectivity index (χ3v) is 2.44. The molecule has 112 valence electrons. The third-order valence-electron chi connectivity index (χ3n) is 2.44. The van der Waals surface area contributed by atoms with Gasteiger partial charge in [-0.15, -0.1) is 0 Å². The molecule has 21 heavy (non-hydrogen) atoms. The summed E-state index contributed by atoms with van der Waals surface area (Å²) in [4.78, 5) is 15.9. The number of methoxy groups -OCH3 is 1. The van der Waals surface area contributed by atoms with Gasteiger partial charge >= 0.3 is 6.18 Å². The quantitative estimate of drug-likeness (QED) is 0.939. The highest BCUT2D eigenvalue weighted by Crippen LogP contribution is 2.19. The normalized spacial score (nSPS) is 11.2. The van der Waals surface area contributed by atoms with Crippen LogP contribution < -0.4 is 10.1 Å². The first-order valence-corrected chi connectivity index (χ1v) is 5.78. The van der Waals surface area contributed by atoms with Crippen LogP contribution in [0.1, 0.15) is 10.4 Å². The number of hydrogen-bond donors (Lipinski definition) is 1. The fraction of sp³-hybridized carbons (Fsp3) is 0.250. The van der Waals surface area contributed by atoms with E-state index < -0.39 is 18.6 Å². The van der Waals surface area contributed by atoms with Crippen LogP contribution in [-0.2, 0) is 6.54 Å². The summed E-state index contributed by atoms with van der Waals surface area (Å²) in [7, 11) is 1.36. The maximum atomic E-state index is 12.2. The van der Waals surface area contributed by atoms with E-state index in [4.69, 9.17) is 4.74 Å². The molecule has 6 nitrogen and oxygen atoms in total. The number of ether oxygens (including phenoxy) is 1. The van der Waals surface area contributed by atoms with Crippen LogP contribution in [0.3, 0.4) is 0 Å². The van der Waals surface area contributed by atoms with Crippen LogP contribution >= 0.6 is 0 Å². The average molecular weight is 300 g/mol. The molecule has 2 rings (SSSR count). The van der Waals surface area contributed by atoms with Gasteiger partial charge in [-0.3, -0.25) is 9.48 Å². The van der Waals surface area contributed by atoms with Crippen molar-refractivity contribution in [2.24, 2.45) is 0 Å². The van der Waals surface area contributed by atoms with E-state index in [1.165, 1.54) is 19.4 Å².